The number of anilines is 2. The molecule has 0 radical (unpaired) electrons. The summed E-state index contributed by atoms with van der Waals surface area (Å²) in [5.74, 6) is 0.369. The van der Waals surface area contributed by atoms with Crippen molar-refractivity contribution in [1.29, 1.82) is 10.8 Å². The maximum absolute atomic E-state index is 13.6. The summed E-state index contributed by atoms with van der Waals surface area (Å²) in [4.78, 5) is 25.6. The molecule has 1 amide bonds. The monoisotopic (exact) mass is 560 g/mol. The first-order chi connectivity index (χ1) is 18.6. The Labute approximate surface area is 238 Å². The Morgan fingerprint density at radius 3 is 2.28 bits per heavy atom. The Balaban J connectivity index is 1.43. The van der Waals surface area contributed by atoms with E-state index in [1.54, 1.807) is 23.2 Å². The number of piperazine rings is 1. The minimum Gasteiger partial charge on any atom is -0.368 e. The molecule has 1 aromatic heterocycles. The summed E-state index contributed by atoms with van der Waals surface area (Å²) in [5.41, 5.74) is 6.00. The Hall–Kier alpha value is -3.49. The van der Waals surface area contributed by atoms with Gasteiger partial charge in [0.1, 0.15) is 22.7 Å². The van der Waals surface area contributed by atoms with E-state index in [4.69, 9.17) is 27.4 Å². The number of halogens is 1. The molecular formula is C30H33ClN6OS. The van der Waals surface area contributed by atoms with Crippen molar-refractivity contribution in [2.75, 3.05) is 36.0 Å². The average Bonchev–Trinajstić information content (AvgIpc) is 3.13. The number of carbonyl (C=O) groups is 1. The third-order valence-electron chi connectivity index (χ3n) is 7.50. The van der Waals surface area contributed by atoms with Crippen LogP contribution in [0.1, 0.15) is 40.5 Å². The molecule has 1 saturated heterocycles. The zero-order valence-electron chi connectivity index (χ0n) is 22.7. The Morgan fingerprint density at radius 2 is 1.67 bits per heavy atom. The van der Waals surface area contributed by atoms with Crippen LogP contribution in [0.5, 0.6) is 0 Å². The Morgan fingerprint density at radius 1 is 1.03 bits per heavy atom. The molecule has 0 saturated carbocycles. The third kappa shape index (κ3) is 5.36. The van der Waals surface area contributed by atoms with E-state index in [0.29, 0.717) is 18.1 Å². The first-order valence-electron chi connectivity index (χ1n) is 13.1. The highest BCUT2D eigenvalue weighted by atomic mass is 35.5. The zero-order valence-corrected chi connectivity index (χ0v) is 24.3. The van der Waals surface area contributed by atoms with Crippen LogP contribution in [0.15, 0.2) is 53.5 Å². The van der Waals surface area contributed by atoms with Crippen LogP contribution in [0.4, 0.5) is 10.7 Å². The number of fused-ring (bicyclic) bond motifs is 1. The van der Waals surface area contributed by atoms with Crippen LogP contribution in [0.3, 0.4) is 0 Å². The second-order valence-corrected chi connectivity index (χ2v) is 11.8. The van der Waals surface area contributed by atoms with Gasteiger partial charge in [-0.3, -0.25) is 25.5 Å². The van der Waals surface area contributed by atoms with Gasteiger partial charge in [-0.25, -0.2) is 0 Å². The summed E-state index contributed by atoms with van der Waals surface area (Å²) >= 11 is 7.74. The van der Waals surface area contributed by atoms with Crippen molar-refractivity contribution >= 4 is 56.9 Å². The molecule has 3 heterocycles. The van der Waals surface area contributed by atoms with Crippen molar-refractivity contribution in [2.24, 2.45) is 4.99 Å². The number of aryl methyl sites for hydroxylation is 2. The van der Waals surface area contributed by atoms with Crippen molar-refractivity contribution in [3.8, 4) is 0 Å². The van der Waals surface area contributed by atoms with Gasteiger partial charge in [0, 0.05) is 52.9 Å². The SMILES string of the molecule is CC(=N)N1C(=N)[C@H](CC(=O)N2CCN(c3ccc(C)cc3)CC2)N=C(c2ccc(Cl)cc2)c2c1sc(C)c2C. The maximum atomic E-state index is 13.6. The number of hydrogen-bond acceptors (Lipinski definition) is 6. The summed E-state index contributed by atoms with van der Waals surface area (Å²) in [5, 5.41) is 19.1. The highest BCUT2D eigenvalue weighted by Gasteiger charge is 2.35. The first kappa shape index (κ1) is 27.1. The standard InChI is InChI=1S/C30H33ClN6OS/c1-18-5-11-24(12-6-18)35-13-15-36(16-14-35)26(38)17-25-29(33)37(21(4)32)30-27(19(2)20(3)39-30)28(34-25)22-7-9-23(31)10-8-22/h5-12,25,32-33H,13-17H2,1-4H3/t25-/m0/s1. The van der Waals surface area contributed by atoms with Gasteiger partial charge in [-0.15, -0.1) is 11.3 Å². The van der Waals surface area contributed by atoms with E-state index in [9.17, 15) is 4.79 Å². The fourth-order valence-corrected chi connectivity index (χ4v) is 6.50. The van der Waals surface area contributed by atoms with Crippen molar-refractivity contribution in [1.82, 2.24) is 4.90 Å². The van der Waals surface area contributed by atoms with Gasteiger partial charge in [-0.2, -0.15) is 0 Å². The molecular weight excluding hydrogens is 528 g/mol. The topological polar surface area (TPSA) is 86.8 Å². The number of nitrogens with zero attached hydrogens (tertiary/aromatic N) is 4. The highest BCUT2D eigenvalue weighted by molar-refractivity contribution is 7.17. The Bertz CT molecular complexity index is 1450. The maximum Gasteiger partial charge on any atom is 0.225 e. The van der Waals surface area contributed by atoms with E-state index in [0.717, 1.165) is 45.4 Å². The Kier molecular flexibility index (Phi) is 7.60. The van der Waals surface area contributed by atoms with E-state index in [-0.39, 0.29) is 24.0 Å². The lowest BCUT2D eigenvalue weighted by atomic mass is 9.99. The zero-order chi connectivity index (χ0) is 27.8. The van der Waals surface area contributed by atoms with E-state index in [2.05, 4.69) is 43.0 Å². The summed E-state index contributed by atoms with van der Waals surface area (Å²) in [6.45, 7) is 10.6. The quantitative estimate of drug-likeness (QED) is 0.300. The second-order valence-electron chi connectivity index (χ2n) is 10.2. The fourth-order valence-electron chi connectivity index (χ4n) is 5.15. The van der Waals surface area contributed by atoms with Crippen molar-refractivity contribution in [3.05, 3.63) is 80.7 Å². The molecule has 3 aromatic rings. The summed E-state index contributed by atoms with van der Waals surface area (Å²) in [7, 11) is 0. The van der Waals surface area contributed by atoms with Gasteiger partial charge < -0.3 is 9.80 Å². The molecule has 202 valence electrons. The molecule has 2 N–H and O–H groups in total. The molecule has 0 spiro atoms. The van der Waals surface area contributed by atoms with E-state index >= 15 is 0 Å². The molecule has 2 aromatic carbocycles. The number of carbonyl (C=O) groups excluding carboxylic acids is 1. The molecule has 39 heavy (non-hydrogen) atoms. The van der Waals surface area contributed by atoms with Crippen LogP contribution in [0.25, 0.3) is 0 Å². The van der Waals surface area contributed by atoms with E-state index < -0.39 is 6.04 Å². The van der Waals surface area contributed by atoms with Crippen LogP contribution in [0, 0.1) is 31.6 Å². The minimum absolute atomic E-state index is 0.0201. The van der Waals surface area contributed by atoms with E-state index in [1.807, 2.05) is 36.1 Å². The lowest BCUT2D eigenvalue weighted by Crippen LogP contribution is -2.50. The molecule has 2 aliphatic rings. The molecule has 0 aliphatic carbocycles. The average molecular weight is 561 g/mol. The number of benzene rings is 2. The van der Waals surface area contributed by atoms with Gasteiger partial charge >= 0.3 is 0 Å². The number of amides is 1. The van der Waals surface area contributed by atoms with E-state index in [1.165, 1.54) is 11.3 Å². The normalized spacial score (nSPS) is 17.6. The largest absolute Gasteiger partial charge is 0.368 e. The second kappa shape index (κ2) is 10.9. The van der Waals surface area contributed by atoms with Crippen LogP contribution < -0.4 is 9.80 Å². The van der Waals surface area contributed by atoms with Crippen molar-refractivity contribution in [3.63, 3.8) is 0 Å². The molecule has 2 aliphatic heterocycles. The molecule has 9 heteroatoms. The molecule has 0 bridgehead atoms. The van der Waals surface area contributed by atoms with Crippen molar-refractivity contribution < 1.29 is 4.79 Å². The van der Waals surface area contributed by atoms with Gasteiger partial charge in [0.15, 0.2) is 0 Å². The number of amidine groups is 2. The highest BCUT2D eigenvalue weighted by Crippen LogP contribution is 2.40. The van der Waals surface area contributed by atoms with Gasteiger partial charge in [0.05, 0.1) is 12.1 Å². The number of rotatable bonds is 4. The summed E-state index contributed by atoms with van der Waals surface area (Å²) in [6, 6.07) is 15.3. The molecule has 5 rings (SSSR count). The van der Waals surface area contributed by atoms with Gasteiger partial charge in [-0.1, -0.05) is 41.4 Å². The molecule has 1 fully saturated rings. The summed E-state index contributed by atoms with van der Waals surface area (Å²) < 4.78 is 0. The third-order valence-corrected chi connectivity index (χ3v) is 8.95. The number of thiophene rings is 1. The van der Waals surface area contributed by atoms with Crippen LogP contribution in [-0.2, 0) is 4.79 Å². The van der Waals surface area contributed by atoms with Crippen LogP contribution >= 0.6 is 22.9 Å². The molecule has 0 unspecified atom stereocenters. The smallest absolute Gasteiger partial charge is 0.225 e. The van der Waals surface area contributed by atoms with Gasteiger partial charge in [-0.05, 0) is 57.5 Å². The number of hydrogen-bond donors (Lipinski definition) is 2. The predicted molar refractivity (Wildman–Crippen MR) is 163 cm³/mol. The lowest BCUT2D eigenvalue weighted by molar-refractivity contribution is -0.131. The number of aliphatic imine (C=N–C) groups is 1. The van der Waals surface area contributed by atoms with Crippen LogP contribution in [0.2, 0.25) is 5.02 Å². The lowest BCUT2D eigenvalue weighted by Gasteiger charge is -2.36. The summed E-state index contributed by atoms with van der Waals surface area (Å²) in [6.07, 6.45) is 0.0806. The van der Waals surface area contributed by atoms with Crippen LogP contribution in [-0.4, -0.2) is 60.4 Å². The molecule has 1 atom stereocenters. The first-order valence-corrected chi connectivity index (χ1v) is 14.3. The number of nitrogens with one attached hydrogen (secondary N) is 2. The fraction of sp³-hybridized carbons (Fsp3) is 0.333. The van der Waals surface area contributed by atoms with Crippen molar-refractivity contribution in [2.45, 2.75) is 40.2 Å². The minimum atomic E-state index is -0.710. The van der Waals surface area contributed by atoms with Gasteiger partial charge in [0.2, 0.25) is 5.91 Å². The van der Waals surface area contributed by atoms with Gasteiger partial charge in [0.25, 0.3) is 0 Å². The molecule has 7 nitrogen and oxygen atoms in total. The predicted octanol–water partition coefficient (Wildman–Crippen LogP) is 6.07.